The van der Waals surface area contributed by atoms with Crippen LogP contribution < -0.4 is 20.4 Å². The number of fused-ring (bicyclic) bond motifs is 1. The van der Waals surface area contributed by atoms with Crippen LogP contribution in [0.15, 0.2) is 57.7 Å². The number of carbonyl (C=O) groups excluding carboxylic acids is 1. The van der Waals surface area contributed by atoms with Crippen molar-refractivity contribution in [3.8, 4) is 22.6 Å². The minimum Gasteiger partial charge on any atom is -0.497 e. The molecule has 0 radical (unpaired) electrons. The van der Waals surface area contributed by atoms with Crippen LogP contribution in [0.2, 0.25) is 0 Å². The summed E-state index contributed by atoms with van der Waals surface area (Å²) in [4.78, 5) is 23.9. The second-order valence-corrected chi connectivity index (χ2v) is 6.32. The average molecular weight is 383 g/mol. The number of aliphatic hydroxyl groups is 1. The Labute approximate surface area is 161 Å². The van der Waals surface area contributed by atoms with Crippen LogP contribution in [-0.2, 0) is 4.79 Å². The third kappa shape index (κ3) is 4.69. The molecule has 0 aliphatic carbocycles. The van der Waals surface area contributed by atoms with Gasteiger partial charge in [-0.25, -0.2) is 4.79 Å². The number of nitrogens with one attached hydrogen (secondary N) is 1. The SMILES string of the molecule is COc1ccc2oc(=O)c(-c3ccc(OCC(=O)NCC(C)O)cc3)cc2c1. The Kier molecular flexibility index (Phi) is 5.96. The van der Waals surface area contributed by atoms with Crippen LogP contribution in [0.25, 0.3) is 22.1 Å². The van der Waals surface area contributed by atoms with E-state index in [0.29, 0.717) is 28.2 Å². The van der Waals surface area contributed by atoms with Crippen LogP contribution >= 0.6 is 0 Å². The summed E-state index contributed by atoms with van der Waals surface area (Å²) in [5.74, 6) is 0.835. The van der Waals surface area contributed by atoms with Gasteiger partial charge in [-0.2, -0.15) is 0 Å². The van der Waals surface area contributed by atoms with Crippen molar-refractivity contribution in [2.75, 3.05) is 20.3 Å². The molecule has 3 aromatic rings. The van der Waals surface area contributed by atoms with Crippen molar-refractivity contribution < 1.29 is 23.8 Å². The monoisotopic (exact) mass is 383 g/mol. The van der Waals surface area contributed by atoms with Gasteiger partial charge in [0.25, 0.3) is 5.91 Å². The summed E-state index contributed by atoms with van der Waals surface area (Å²) in [7, 11) is 1.57. The van der Waals surface area contributed by atoms with Crippen LogP contribution in [0.5, 0.6) is 11.5 Å². The number of aliphatic hydroxyl groups excluding tert-OH is 1. The average Bonchev–Trinajstić information content (AvgIpc) is 2.70. The topological polar surface area (TPSA) is 98.0 Å². The van der Waals surface area contributed by atoms with Gasteiger partial charge in [-0.15, -0.1) is 0 Å². The number of hydrogen-bond donors (Lipinski definition) is 2. The molecule has 0 saturated heterocycles. The summed E-state index contributed by atoms with van der Waals surface area (Å²) >= 11 is 0. The van der Waals surface area contributed by atoms with Crippen LogP contribution in [0.1, 0.15) is 6.92 Å². The molecule has 2 N–H and O–H groups in total. The Morgan fingerprint density at radius 1 is 1.14 bits per heavy atom. The summed E-state index contributed by atoms with van der Waals surface area (Å²) in [5.41, 5.74) is 1.13. The number of methoxy groups -OCH3 is 1. The molecule has 146 valence electrons. The van der Waals surface area contributed by atoms with Gasteiger partial charge in [-0.3, -0.25) is 4.79 Å². The van der Waals surface area contributed by atoms with Crippen LogP contribution in [0.3, 0.4) is 0 Å². The van der Waals surface area contributed by atoms with Gasteiger partial charge < -0.3 is 24.3 Å². The summed E-state index contributed by atoms with van der Waals surface area (Å²) in [6.07, 6.45) is -0.614. The number of ether oxygens (including phenoxy) is 2. The fourth-order valence-electron chi connectivity index (χ4n) is 2.62. The van der Waals surface area contributed by atoms with E-state index in [1.807, 2.05) is 0 Å². The van der Waals surface area contributed by atoms with Gasteiger partial charge in [0.15, 0.2) is 6.61 Å². The number of amides is 1. The lowest BCUT2D eigenvalue weighted by Gasteiger charge is -2.09. The maximum atomic E-state index is 12.3. The highest BCUT2D eigenvalue weighted by atomic mass is 16.5. The second-order valence-electron chi connectivity index (χ2n) is 6.32. The van der Waals surface area contributed by atoms with E-state index in [2.05, 4.69) is 5.32 Å². The molecule has 3 rings (SSSR count). The fourth-order valence-corrected chi connectivity index (χ4v) is 2.62. The van der Waals surface area contributed by atoms with Gasteiger partial charge >= 0.3 is 5.63 Å². The first-order valence-corrected chi connectivity index (χ1v) is 8.76. The molecule has 0 fully saturated rings. The van der Waals surface area contributed by atoms with E-state index in [-0.39, 0.29) is 19.1 Å². The van der Waals surface area contributed by atoms with Gasteiger partial charge in [0.05, 0.1) is 18.8 Å². The van der Waals surface area contributed by atoms with Crippen molar-refractivity contribution in [2.45, 2.75) is 13.0 Å². The first-order chi connectivity index (χ1) is 13.5. The number of benzene rings is 2. The minimum atomic E-state index is -0.614. The molecular weight excluding hydrogens is 362 g/mol. The highest BCUT2D eigenvalue weighted by Crippen LogP contribution is 2.25. The van der Waals surface area contributed by atoms with Crippen molar-refractivity contribution >= 4 is 16.9 Å². The maximum Gasteiger partial charge on any atom is 0.344 e. The van der Waals surface area contributed by atoms with Gasteiger partial charge in [0.1, 0.15) is 17.1 Å². The van der Waals surface area contributed by atoms with E-state index < -0.39 is 11.7 Å². The number of rotatable bonds is 7. The van der Waals surface area contributed by atoms with Crippen LogP contribution in [0.4, 0.5) is 0 Å². The summed E-state index contributed by atoms with van der Waals surface area (Å²) < 4.78 is 16.0. The Morgan fingerprint density at radius 3 is 2.54 bits per heavy atom. The molecule has 7 heteroatoms. The predicted octanol–water partition coefficient (Wildman–Crippen LogP) is 2.34. The molecule has 1 atom stereocenters. The second kappa shape index (κ2) is 8.58. The van der Waals surface area contributed by atoms with Crippen molar-refractivity contribution in [1.82, 2.24) is 5.32 Å². The van der Waals surface area contributed by atoms with Gasteiger partial charge in [0, 0.05) is 11.9 Å². The largest absolute Gasteiger partial charge is 0.497 e. The lowest BCUT2D eigenvalue weighted by molar-refractivity contribution is -0.123. The molecule has 1 amide bonds. The molecule has 0 bridgehead atoms. The van der Waals surface area contributed by atoms with Crippen molar-refractivity contribution in [3.63, 3.8) is 0 Å². The maximum absolute atomic E-state index is 12.3. The van der Waals surface area contributed by atoms with Crippen molar-refractivity contribution in [2.24, 2.45) is 0 Å². The normalized spacial score (nSPS) is 11.8. The van der Waals surface area contributed by atoms with Gasteiger partial charge in [-0.1, -0.05) is 12.1 Å². The lowest BCUT2D eigenvalue weighted by Crippen LogP contribution is -2.34. The van der Waals surface area contributed by atoms with Gasteiger partial charge in [0.2, 0.25) is 0 Å². The molecule has 2 aromatic carbocycles. The summed E-state index contributed by atoms with van der Waals surface area (Å²) in [5, 5.41) is 12.4. The Morgan fingerprint density at radius 2 is 1.86 bits per heavy atom. The molecule has 7 nitrogen and oxygen atoms in total. The molecule has 1 heterocycles. The summed E-state index contributed by atoms with van der Waals surface area (Å²) in [6, 6.07) is 13.8. The highest BCUT2D eigenvalue weighted by Gasteiger charge is 2.10. The van der Waals surface area contributed by atoms with E-state index in [1.54, 1.807) is 62.6 Å². The zero-order chi connectivity index (χ0) is 20.1. The molecule has 0 aliphatic rings. The third-order valence-corrected chi connectivity index (χ3v) is 4.07. The molecule has 0 aliphatic heterocycles. The van der Waals surface area contributed by atoms with Gasteiger partial charge in [-0.05, 0) is 48.9 Å². The molecule has 1 aromatic heterocycles. The molecular formula is C21H21NO6. The predicted molar refractivity (Wildman–Crippen MR) is 105 cm³/mol. The Bertz CT molecular complexity index is 1020. The zero-order valence-electron chi connectivity index (χ0n) is 15.6. The van der Waals surface area contributed by atoms with Crippen LogP contribution in [0, 0.1) is 0 Å². The minimum absolute atomic E-state index is 0.163. The Balaban J connectivity index is 1.75. The summed E-state index contributed by atoms with van der Waals surface area (Å²) in [6.45, 7) is 1.59. The quantitative estimate of drug-likeness (QED) is 0.608. The molecule has 0 spiro atoms. The number of carbonyl (C=O) groups is 1. The highest BCUT2D eigenvalue weighted by molar-refractivity contribution is 5.83. The smallest absolute Gasteiger partial charge is 0.344 e. The van der Waals surface area contributed by atoms with Crippen molar-refractivity contribution in [3.05, 3.63) is 59.0 Å². The Hall–Kier alpha value is -3.32. The molecule has 1 unspecified atom stereocenters. The van der Waals surface area contributed by atoms with E-state index in [4.69, 9.17) is 19.0 Å². The first-order valence-electron chi connectivity index (χ1n) is 8.76. The first kappa shape index (κ1) is 19.4. The van der Waals surface area contributed by atoms with Crippen molar-refractivity contribution in [1.29, 1.82) is 0 Å². The zero-order valence-corrected chi connectivity index (χ0v) is 15.6. The van der Waals surface area contributed by atoms with E-state index in [1.165, 1.54) is 0 Å². The fraction of sp³-hybridized carbons (Fsp3) is 0.238. The lowest BCUT2D eigenvalue weighted by atomic mass is 10.1. The standard InChI is InChI=1S/C21H21NO6/c1-13(23)11-22-20(24)12-27-16-5-3-14(4-6-16)18-10-15-9-17(26-2)7-8-19(15)28-21(18)25/h3-10,13,23H,11-12H2,1-2H3,(H,22,24). The van der Waals surface area contributed by atoms with E-state index in [9.17, 15) is 9.59 Å². The van der Waals surface area contributed by atoms with E-state index >= 15 is 0 Å². The van der Waals surface area contributed by atoms with Crippen LogP contribution in [-0.4, -0.2) is 37.4 Å². The number of hydrogen-bond acceptors (Lipinski definition) is 6. The molecule has 28 heavy (non-hydrogen) atoms. The third-order valence-electron chi connectivity index (χ3n) is 4.07. The molecule has 0 saturated carbocycles. The van der Waals surface area contributed by atoms with E-state index in [0.717, 1.165) is 5.39 Å².